The lowest BCUT2D eigenvalue weighted by Crippen LogP contribution is -2.45. The smallest absolute Gasteiger partial charge is 0.151 e. The molecule has 2 aromatic heterocycles. The first-order chi connectivity index (χ1) is 11.9. The highest BCUT2D eigenvalue weighted by molar-refractivity contribution is 5.58. The number of benzene rings is 1. The minimum absolute atomic E-state index is 0.303. The third-order valence-electron chi connectivity index (χ3n) is 4.41. The summed E-state index contributed by atoms with van der Waals surface area (Å²) < 4.78 is 5.58. The van der Waals surface area contributed by atoms with Crippen molar-refractivity contribution in [3.8, 4) is 11.3 Å². The zero-order valence-corrected chi connectivity index (χ0v) is 13.4. The molecule has 5 heteroatoms. The van der Waals surface area contributed by atoms with E-state index in [4.69, 9.17) is 4.52 Å². The van der Waals surface area contributed by atoms with E-state index >= 15 is 0 Å². The van der Waals surface area contributed by atoms with Crippen LogP contribution >= 0.6 is 0 Å². The van der Waals surface area contributed by atoms with E-state index in [1.807, 2.05) is 54.9 Å². The molecule has 4 rings (SSSR count). The lowest BCUT2D eigenvalue weighted by atomic mass is 10.1. The number of aromatic nitrogens is 2. The number of pyridine rings is 1. The van der Waals surface area contributed by atoms with Crippen LogP contribution in [0.3, 0.4) is 0 Å². The summed E-state index contributed by atoms with van der Waals surface area (Å²) in [5.41, 5.74) is 3.20. The first-order valence-electron chi connectivity index (χ1n) is 8.26. The maximum absolute atomic E-state index is 5.58. The highest BCUT2D eigenvalue weighted by atomic mass is 16.5. The molecule has 5 nitrogen and oxygen atoms in total. The summed E-state index contributed by atoms with van der Waals surface area (Å²) in [6.45, 7) is 3.63. The van der Waals surface area contributed by atoms with E-state index in [-0.39, 0.29) is 0 Å². The second-order valence-corrected chi connectivity index (χ2v) is 6.02. The van der Waals surface area contributed by atoms with Crippen LogP contribution in [0.1, 0.15) is 17.4 Å². The van der Waals surface area contributed by atoms with Gasteiger partial charge in [0.05, 0.1) is 6.54 Å². The van der Waals surface area contributed by atoms with Crippen LogP contribution in [-0.2, 0) is 6.54 Å². The van der Waals surface area contributed by atoms with Gasteiger partial charge in [-0.3, -0.25) is 9.88 Å². The fourth-order valence-corrected chi connectivity index (χ4v) is 3.17. The number of piperazine rings is 1. The number of hydrogen-bond donors (Lipinski definition) is 1. The molecule has 24 heavy (non-hydrogen) atoms. The summed E-state index contributed by atoms with van der Waals surface area (Å²) in [7, 11) is 0. The average molecular weight is 320 g/mol. The summed E-state index contributed by atoms with van der Waals surface area (Å²) >= 11 is 0. The maximum atomic E-state index is 5.58. The maximum Gasteiger partial charge on any atom is 0.151 e. The molecule has 0 amide bonds. The van der Waals surface area contributed by atoms with Gasteiger partial charge in [0, 0.05) is 49.7 Å². The van der Waals surface area contributed by atoms with E-state index < -0.39 is 0 Å². The van der Waals surface area contributed by atoms with E-state index in [1.165, 1.54) is 5.56 Å². The van der Waals surface area contributed by atoms with Gasteiger partial charge >= 0.3 is 0 Å². The quantitative estimate of drug-likeness (QED) is 0.801. The van der Waals surface area contributed by atoms with Crippen molar-refractivity contribution in [2.45, 2.75) is 12.6 Å². The summed E-state index contributed by atoms with van der Waals surface area (Å²) in [5.74, 6) is 0.893. The van der Waals surface area contributed by atoms with Crippen LogP contribution in [0.25, 0.3) is 11.3 Å². The molecule has 3 aromatic rings. The Morgan fingerprint density at radius 1 is 1.17 bits per heavy atom. The van der Waals surface area contributed by atoms with Gasteiger partial charge in [-0.05, 0) is 11.6 Å². The predicted octanol–water partition coefficient (Wildman–Crippen LogP) is 2.88. The zero-order valence-electron chi connectivity index (χ0n) is 13.4. The molecule has 1 aromatic carbocycles. The highest BCUT2D eigenvalue weighted by Gasteiger charge is 2.25. The normalized spacial score (nSPS) is 18.6. The van der Waals surface area contributed by atoms with E-state index in [0.29, 0.717) is 6.04 Å². The molecule has 1 atom stereocenters. The molecule has 0 spiro atoms. The van der Waals surface area contributed by atoms with E-state index in [1.54, 1.807) is 0 Å². The summed E-state index contributed by atoms with van der Waals surface area (Å²) in [6.07, 6.45) is 3.76. The van der Waals surface area contributed by atoms with Crippen molar-refractivity contribution in [2.75, 3.05) is 19.6 Å². The van der Waals surface area contributed by atoms with Gasteiger partial charge in [0.15, 0.2) is 5.76 Å². The van der Waals surface area contributed by atoms with E-state index in [2.05, 4.69) is 26.4 Å². The molecule has 1 saturated heterocycles. The predicted molar refractivity (Wildman–Crippen MR) is 92.2 cm³/mol. The molecule has 122 valence electrons. The number of hydrogen-bond acceptors (Lipinski definition) is 5. The summed E-state index contributed by atoms with van der Waals surface area (Å²) in [4.78, 5) is 6.67. The molecule has 1 aliphatic rings. The highest BCUT2D eigenvalue weighted by Crippen LogP contribution is 2.25. The van der Waals surface area contributed by atoms with Crippen molar-refractivity contribution >= 4 is 0 Å². The van der Waals surface area contributed by atoms with Crippen LogP contribution in [0.4, 0.5) is 0 Å². The fraction of sp³-hybridized carbons (Fsp3) is 0.263. The van der Waals surface area contributed by atoms with Crippen LogP contribution in [0, 0.1) is 0 Å². The van der Waals surface area contributed by atoms with Crippen LogP contribution in [-0.4, -0.2) is 34.7 Å². The van der Waals surface area contributed by atoms with Crippen LogP contribution in [0.15, 0.2) is 65.4 Å². The zero-order chi connectivity index (χ0) is 16.2. The minimum atomic E-state index is 0.303. The minimum Gasteiger partial charge on any atom is -0.359 e. The Kier molecular flexibility index (Phi) is 4.36. The van der Waals surface area contributed by atoms with Crippen molar-refractivity contribution in [1.29, 1.82) is 0 Å². The molecule has 3 heterocycles. The number of rotatable bonds is 4. The monoisotopic (exact) mass is 320 g/mol. The molecule has 0 bridgehead atoms. The van der Waals surface area contributed by atoms with Gasteiger partial charge in [-0.1, -0.05) is 41.6 Å². The van der Waals surface area contributed by atoms with Gasteiger partial charge in [0.25, 0.3) is 0 Å². The van der Waals surface area contributed by atoms with Gasteiger partial charge < -0.3 is 9.84 Å². The Labute approximate surface area is 141 Å². The molecular formula is C19H20N4O. The van der Waals surface area contributed by atoms with Gasteiger partial charge in [0.1, 0.15) is 5.69 Å². The van der Waals surface area contributed by atoms with E-state index in [0.717, 1.165) is 43.2 Å². The molecule has 0 aliphatic carbocycles. The fourth-order valence-electron chi connectivity index (χ4n) is 3.17. The van der Waals surface area contributed by atoms with Crippen molar-refractivity contribution in [1.82, 2.24) is 20.4 Å². The summed E-state index contributed by atoms with van der Waals surface area (Å²) in [5, 5.41) is 7.68. The van der Waals surface area contributed by atoms with Crippen molar-refractivity contribution in [2.24, 2.45) is 0 Å². The van der Waals surface area contributed by atoms with Crippen LogP contribution in [0.2, 0.25) is 0 Å². The molecular weight excluding hydrogens is 300 g/mol. The lowest BCUT2D eigenvalue weighted by molar-refractivity contribution is 0.138. The Bertz CT molecular complexity index is 772. The molecule has 1 unspecified atom stereocenters. The first kappa shape index (κ1) is 15.1. The van der Waals surface area contributed by atoms with Crippen LogP contribution in [0.5, 0.6) is 0 Å². The third-order valence-corrected chi connectivity index (χ3v) is 4.41. The van der Waals surface area contributed by atoms with E-state index in [9.17, 15) is 0 Å². The largest absolute Gasteiger partial charge is 0.359 e. The molecule has 0 radical (unpaired) electrons. The molecule has 1 aliphatic heterocycles. The second kappa shape index (κ2) is 6.95. The van der Waals surface area contributed by atoms with Gasteiger partial charge in [-0.25, -0.2) is 0 Å². The first-order valence-corrected chi connectivity index (χ1v) is 8.26. The summed E-state index contributed by atoms with van der Waals surface area (Å²) in [6, 6.07) is 16.6. The number of nitrogens with zero attached hydrogens (tertiary/aromatic N) is 3. The standard InChI is InChI=1S/C19H20N4O/c1-2-5-15(6-3-1)18-11-17(24-22-18)14-23-10-9-21-13-19(23)16-7-4-8-20-12-16/h1-8,11-12,19,21H,9-10,13-14H2. The van der Waals surface area contributed by atoms with Gasteiger partial charge in [-0.15, -0.1) is 0 Å². The topological polar surface area (TPSA) is 54.2 Å². The second-order valence-electron chi connectivity index (χ2n) is 6.02. The Morgan fingerprint density at radius 3 is 2.92 bits per heavy atom. The SMILES string of the molecule is c1ccc(-c2cc(CN3CCNCC3c3cccnc3)on2)cc1. The van der Waals surface area contributed by atoms with Crippen molar-refractivity contribution < 1.29 is 4.52 Å². The van der Waals surface area contributed by atoms with Crippen LogP contribution < -0.4 is 5.32 Å². The third kappa shape index (κ3) is 3.22. The van der Waals surface area contributed by atoms with Gasteiger partial charge in [0.2, 0.25) is 0 Å². The average Bonchev–Trinajstić information content (AvgIpc) is 3.12. The lowest BCUT2D eigenvalue weighted by Gasteiger charge is -2.35. The molecule has 0 saturated carbocycles. The van der Waals surface area contributed by atoms with Crippen molar-refractivity contribution in [3.05, 3.63) is 72.2 Å². The Morgan fingerprint density at radius 2 is 2.08 bits per heavy atom. The van der Waals surface area contributed by atoms with Crippen molar-refractivity contribution in [3.63, 3.8) is 0 Å². The molecule has 1 fully saturated rings. The Balaban J connectivity index is 1.52. The molecule has 1 N–H and O–H groups in total. The Hall–Kier alpha value is -2.50. The number of nitrogens with one attached hydrogen (secondary N) is 1. The van der Waals surface area contributed by atoms with Gasteiger partial charge in [-0.2, -0.15) is 0 Å².